The number of rotatable bonds is 2. The number of methoxy groups -OCH3 is 2. The molecule has 0 heterocycles. The summed E-state index contributed by atoms with van der Waals surface area (Å²) in [4.78, 5) is 11.9. The maximum atomic E-state index is 11.9. The van der Waals surface area contributed by atoms with Crippen molar-refractivity contribution in [3.8, 4) is 0 Å². The largest absolute Gasteiger partial charge is 0.469 e. The molecule has 88 valence electrons. The second kappa shape index (κ2) is 2.56. The Morgan fingerprint density at radius 3 is 2.82 bits per heavy atom. The number of ether oxygens (including phenoxy) is 2. The van der Waals surface area contributed by atoms with Gasteiger partial charge in [-0.1, -0.05) is 24.3 Å². The van der Waals surface area contributed by atoms with Gasteiger partial charge in [0.1, 0.15) is 0 Å². The van der Waals surface area contributed by atoms with Crippen LogP contribution in [0.25, 0.3) is 0 Å². The van der Waals surface area contributed by atoms with E-state index in [-0.39, 0.29) is 17.0 Å². The first-order valence-corrected chi connectivity index (χ1v) is 5.95. The van der Waals surface area contributed by atoms with Crippen LogP contribution in [0.1, 0.15) is 23.5 Å². The third-order valence-corrected chi connectivity index (χ3v) is 5.07. The highest BCUT2D eigenvalue weighted by Crippen LogP contribution is 2.89. The summed E-state index contributed by atoms with van der Waals surface area (Å²) in [6.45, 7) is 0. The van der Waals surface area contributed by atoms with Crippen molar-refractivity contribution in [2.75, 3.05) is 14.2 Å². The number of fused-ring (bicyclic) bond motifs is 4. The first-order valence-electron chi connectivity index (χ1n) is 5.95. The average Bonchev–Trinajstić information content (AvgIpc) is 2.84. The van der Waals surface area contributed by atoms with E-state index in [9.17, 15) is 4.79 Å². The lowest BCUT2D eigenvalue weighted by Crippen LogP contribution is -2.49. The zero-order valence-corrected chi connectivity index (χ0v) is 9.90. The third kappa shape index (κ3) is 0.730. The van der Waals surface area contributed by atoms with Crippen LogP contribution in [0.3, 0.4) is 0 Å². The standard InChI is InChI=1S/C14H14O3/c1-16-12(15)13-7-14(17-2)9-6-4-3-5-8(9)10(13)11(13)14/h3-6,10-11H,7H2,1-2H3/t10-,11-,13-,14+/m1/s1. The third-order valence-electron chi connectivity index (χ3n) is 5.07. The average molecular weight is 230 g/mol. The summed E-state index contributed by atoms with van der Waals surface area (Å²) < 4.78 is 10.7. The molecular formula is C14H14O3. The van der Waals surface area contributed by atoms with Gasteiger partial charge in [0.15, 0.2) is 0 Å². The fourth-order valence-electron chi connectivity index (χ4n) is 4.46. The van der Waals surface area contributed by atoms with Crippen LogP contribution in [0, 0.1) is 11.3 Å². The summed E-state index contributed by atoms with van der Waals surface area (Å²) in [6.07, 6.45) is 0.787. The lowest BCUT2D eigenvalue weighted by atomic mass is 9.65. The maximum absolute atomic E-state index is 11.9. The Hall–Kier alpha value is -1.35. The molecule has 0 saturated heterocycles. The number of esters is 1. The molecule has 0 bridgehead atoms. The lowest BCUT2D eigenvalue weighted by Gasteiger charge is -2.45. The van der Waals surface area contributed by atoms with E-state index in [4.69, 9.17) is 9.47 Å². The smallest absolute Gasteiger partial charge is 0.312 e. The van der Waals surface area contributed by atoms with Gasteiger partial charge in [-0.3, -0.25) is 4.79 Å². The Bertz CT molecular complexity index is 538. The van der Waals surface area contributed by atoms with Crippen LogP contribution in [0.2, 0.25) is 0 Å². The maximum Gasteiger partial charge on any atom is 0.312 e. The Morgan fingerprint density at radius 2 is 2.12 bits per heavy atom. The van der Waals surface area contributed by atoms with Gasteiger partial charge in [-0.2, -0.15) is 0 Å². The van der Waals surface area contributed by atoms with Crippen LogP contribution in [-0.4, -0.2) is 20.2 Å². The molecule has 0 spiro atoms. The van der Waals surface area contributed by atoms with E-state index in [0.717, 1.165) is 6.42 Å². The Morgan fingerprint density at radius 1 is 1.35 bits per heavy atom. The molecule has 4 rings (SSSR count). The van der Waals surface area contributed by atoms with Crippen LogP contribution in [0.4, 0.5) is 0 Å². The number of hydrogen-bond acceptors (Lipinski definition) is 3. The van der Waals surface area contributed by atoms with Gasteiger partial charge < -0.3 is 9.47 Å². The molecular weight excluding hydrogens is 216 g/mol. The fraction of sp³-hybridized carbons (Fsp3) is 0.500. The van der Waals surface area contributed by atoms with Crippen molar-refractivity contribution in [2.24, 2.45) is 11.3 Å². The fourth-order valence-corrected chi connectivity index (χ4v) is 4.46. The molecule has 1 aromatic carbocycles. The van der Waals surface area contributed by atoms with Gasteiger partial charge >= 0.3 is 5.97 Å². The van der Waals surface area contributed by atoms with Crippen molar-refractivity contribution < 1.29 is 14.3 Å². The molecule has 2 fully saturated rings. The normalized spacial score (nSPS) is 43.4. The summed E-state index contributed by atoms with van der Waals surface area (Å²) in [6, 6.07) is 8.33. The topological polar surface area (TPSA) is 35.5 Å². The van der Waals surface area contributed by atoms with Crippen molar-refractivity contribution in [1.82, 2.24) is 0 Å². The Balaban J connectivity index is 1.87. The molecule has 3 aliphatic carbocycles. The second-order valence-corrected chi connectivity index (χ2v) is 5.34. The van der Waals surface area contributed by atoms with E-state index in [1.807, 2.05) is 12.1 Å². The number of benzene rings is 1. The summed E-state index contributed by atoms with van der Waals surface area (Å²) in [7, 11) is 3.22. The zero-order chi connectivity index (χ0) is 11.8. The van der Waals surface area contributed by atoms with Crippen molar-refractivity contribution in [1.29, 1.82) is 0 Å². The quantitative estimate of drug-likeness (QED) is 0.727. The van der Waals surface area contributed by atoms with Gasteiger partial charge in [0.2, 0.25) is 0 Å². The minimum Gasteiger partial charge on any atom is -0.469 e. The SMILES string of the molecule is COC(=O)[C@]12C[C@]3(OC)c4ccccc4[C@@H]1[C@H]23. The van der Waals surface area contributed by atoms with Gasteiger partial charge in [-0.25, -0.2) is 0 Å². The predicted molar refractivity (Wildman–Crippen MR) is 60.4 cm³/mol. The van der Waals surface area contributed by atoms with Gasteiger partial charge in [0, 0.05) is 18.9 Å². The lowest BCUT2D eigenvalue weighted by molar-refractivity contribution is -0.171. The highest BCUT2D eigenvalue weighted by Gasteiger charge is 2.90. The molecule has 3 aliphatic rings. The molecule has 2 saturated carbocycles. The Labute approximate surface area is 99.7 Å². The van der Waals surface area contributed by atoms with Crippen molar-refractivity contribution in [3.63, 3.8) is 0 Å². The first-order chi connectivity index (χ1) is 8.22. The van der Waals surface area contributed by atoms with Crippen LogP contribution < -0.4 is 0 Å². The van der Waals surface area contributed by atoms with Crippen LogP contribution >= 0.6 is 0 Å². The summed E-state index contributed by atoms with van der Waals surface area (Å²) in [5.74, 6) is 0.575. The number of hydrogen-bond donors (Lipinski definition) is 0. The van der Waals surface area contributed by atoms with Crippen LogP contribution in [0.5, 0.6) is 0 Å². The minimum atomic E-state index is -0.265. The predicted octanol–water partition coefficient (Wildman–Crippen LogP) is 1.82. The van der Waals surface area contributed by atoms with Crippen molar-refractivity contribution in [3.05, 3.63) is 35.4 Å². The first kappa shape index (κ1) is 9.66. The van der Waals surface area contributed by atoms with Gasteiger partial charge in [-0.15, -0.1) is 0 Å². The molecule has 0 aliphatic heterocycles. The summed E-state index contributed by atoms with van der Waals surface area (Å²) in [5, 5.41) is 0. The monoisotopic (exact) mass is 230 g/mol. The van der Waals surface area contributed by atoms with Gasteiger partial charge in [-0.05, 0) is 17.5 Å². The molecule has 0 aromatic heterocycles. The molecule has 0 radical (unpaired) electrons. The van der Waals surface area contributed by atoms with Crippen LogP contribution in [0.15, 0.2) is 24.3 Å². The molecule has 0 unspecified atom stereocenters. The molecule has 4 atom stereocenters. The van der Waals surface area contributed by atoms with E-state index in [2.05, 4.69) is 12.1 Å². The van der Waals surface area contributed by atoms with E-state index in [1.54, 1.807) is 7.11 Å². The minimum absolute atomic E-state index is 0.0605. The zero-order valence-electron chi connectivity index (χ0n) is 9.90. The van der Waals surface area contributed by atoms with Crippen molar-refractivity contribution >= 4 is 5.97 Å². The van der Waals surface area contributed by atoms with E-state index in [1.165, 1.54) is 18.2 Å². The Kier molecular flexibility index (Phi) is 1.45. The number of carbonyl (C=O) groups excluding carboxylic acids is 1. The molecule has 17 heavy (non-hydrogen) atoms. The number of carbonyl (C=O) groups is 1. The van der Waals surface area contributed by atoms with E-state index >= 15 is 0 Å². The molecule has 0 amide bonds. The molecule has 3 nitrogen and oxygen atoms in total. The van der Waals surface area contributed by atoms with E-state index < -0.39 is 0 Å². The molecule has 0 N–H and O–H groups in total. The highest BCUT2D eigenvalue weighted by atomic mass is 16.5. The van der Waals surface area contributed by atoms with Gasteiger partial charge in [0.05, 0.1) is 18.1 Å². The van der Waals surface area contributed by atoms with Gasteiger partial charge in [0.25, 0.3) is 0 Å². The second-order valence-electron chi connectivity index (χ2n) is 5.34. The molecule has 3 heteroatoms. The van der Waals surface area contributed by atoms with Crippen LogP contribution in [-0.2, 0) is 19.9 Å². The summed E-state index contributed by atoms with van der Waals surface area (Å²) in [5.41, 5.74) is 2.09. The highest BCUT2D eigenvalue weighted by molar-refractivity contribution is 5.89. The van der Waals surface area contributed by atoms with E-state index in [0.29, 0.717) is 11.8 Å². The molecule has 1 aromatic rings. The summed E-state index contributed by atoms with van der Waals surface area (Å²) >= 11 is 0. The van der Waals surface area contributed by atoms with Crippen molar-refractivity contribution in [2.45, 2.75) is 17.9 Å².